The van der Waals surface area contributed by atoms with Crippen LogP contribution in [0.2, 0.25) is 0 Å². The summed E-state index contributed by atoms with van der Waals surface area (Å²) in [5.41, 5.74) is 1.35. The van der Waals surface area contributed by atoms with Crippen molar-refractivity contribution in [1.29, 1.82) is 0 Å². The van der Waals surface area contributed by atoms with E-state index in [-0.39, 0.29) is 0 Å². The van der Waals surface area contributed by atoms with Crippen molar-refractivity contribution in [3.8, 4) is 5.75 Å². The molecule has 14 heavy (non-hydrogen) atoms. The Morgan fingerprint density at radius 2 is 2.00 bits per heavy atom. The molecule has 1 saturated heterocycles. The molecule has 1 aromatic carbocycles. The van der Waals surface area contributed by atoms with E-state index in [2.05, 4.69) is 39.6 Å². The van der Waals surface area contributed by atoms with Gasteiger partial charge >= 0.3 is 0 Å². The Kier molecular flexibility index (Phi) is 3.15. The van der Waals surface area contributed by atoms with Crippen molar-refractivity contribution in [2.24, 2.45) is 0 Å². The van der Waals surface area contributed by atoms with E-state index in [1.807, 2.05) is 6.07 Å². The lowest BCUT2D eigenvalue weighted by atomic mass is 10.3. The number of hydrogen-bond donors (Lipinski definition) is 0. The summed E-state index contributed by atoms with van der Waals surface area (Å²) in [4.78, 5) is 2.45. The predicted octanol–water partition coefficient (Wildman–Crippen LogP) is 2.90. The Morgan fingerprint density at radius 3 is 2.57 bits per heavy atom. The molecule has 0 amide bonds. The van der Waals surface area contributed by atoms with E-state index < -0.39 is 0 Å². The fraction of sp³-hybridized carbons (Fsp3) is 0.455. The number of benzene rings is 1. The molecule has 76 valence electrons. The van der Waals surface area contributed by atoms with E-state index in [4.69, 9.17) is 4.74 Å². The third kappa shape index (κ3) is 1.97. The van der Waals surface area contributed by atoms with Gasteiger partial charge in [-0.2, -0.15) is 0 Å². The van der Waals surface area contributed by atoms with Crippen LogP contribution in [0, 0.1) is 3.57 Å². The van der Waals surface area contributed by atoms with Crippen molar-refractivity contribution < 1.29 is 4.74 Å². The number of rotatable bonds is 2. The van der Waals surface area contributed by atoms with Gasteiger partial charge in [0.2, 0.25) is 0 Å². The normalized spacial score (nSPS) is 16.0. The molecule has 0 N–H and O–H groups in total. The molecule has 1 aliphatic rings. The highest BCUT2D eigenvalue weighted by molar-refractivity contribution is 14.1. The summed E-state index contributed by atoms with van der Waals surface area (Å²) in [5, 5.41) is 0. The summed E-state index contributed by atoms with van der Waals surface area (Å²) < 4.78 is 6.47. The third-order valence-corrected chi connectivity index (χ3v) is 3.47. The molecular weight excluding hydrogens is 289 g/mol. The first-order valence-electron chi connectivity index (χ1n) is 4.90. The van der Waals surface area contributed by atoms with Crippen LogP contribution in [0.4, 0.5) is 5.69 Å². The average Bonchev–Trinajstić information content (AvgIpc) is 2.70. The van der Waals surface area contributed by atoms with Gasteiger partial charge in [0, 0.05) is 16.7 Å². The van der Waals surface area contributed by atoms with Gasteiger partial charge in [0.05, 0.1) is 12.8 Å². The van der Waals surface area contributed by atoms with Gasteiger partial charge in [0.1, 0.15) is 5.75 Å². The molecule has 0 unspecified atom stereocenters. The zero-order valence-electron chi connectivity index (χ0n) is 8.29. The van der Waals surface area contributed by atoms with Crippen LogP contribution in [-0.2, 0) is 0 Å². The van der Waals surface area contributed by atoms with Crippen LogP contribution in [-0.4, -0.2) is 20.2 Å². The zero-order chi connectivity index (χ0) is 9.97. The molecule has 0 bridgehead atoms. The van der Waals surface area contributed by atoms with Crippen LogP contribution < -0.4 is 9.64 Å². The van der Waals surface area contributed by atoms with Crippen molar-refractivity contribution in [1.82, 2.24) is 0 Å². The molecule has 0 atom stereocenters. The maximum Gasteiger partial charge on any atom is 0.120 e. The minimum Gasteiger partial charge on any atom is -0.497 e. The van der Waals surface area contributed by atoms with Gasteiger partial charge in [-0.25, -0.2) is 0 Å². The van der Waals surface area contributed by atoms with Crippen molar-refractivity contribution >= 4 is 28.3 Å². The molecule has 0 aliphatic carbocycles. The fourth-order valence-electron chi connectivity index (χ4n) is 1.83. The Balaban J connectivity index is 2.25. The Hall–Kier alpha value is -0.450. The number of hydrogen-bond acceptors (Lipinski definition) is 2. The zero-order valence-corrected chi connectivity index (χ0v) is 10.5. The molecule has 0 saturated carbocycles. The highest BCUT2D eigenvalue weighted by Crippen LogP contribution is 2.29. The lowest BCUT2D eigenvalue weighted by molar-refractivity contribution is 0.414. The molecule has 0 spiro atoms. The maximum atomic E-state index is 5.19. The summed E-state index contributed by atoms with van der Waals surface area (Å²) in [6.07, 6.45) is 2.64. The van der Waals surface area contributed by atoms with Crippen LogP contribution in [0.15, 0.2) is 18.2 Å². The number of methoxy groups -OCH3 is 1. The lowest BCUT2D eigenvalue weighted by Crippen LogP contribution is -2.18. The highest BCUT2D eigenvalue weighted by Gasteiger charge is 2.14. The minimum absolute atomic E-state index is 0.942. The number of ether oxygens (including phenoxy) is 1. The van der Waals surface area contributed by atoms with E-state index in [0.717, 1.165) is 5.75 Å². The van der Waals surface area contributed by atoms with Crippen LogP contribution >= 0.6 is 22.6 Å². The van der Waals surface area contributed by atoms with Gasteiger partial charge in [-0.15, -0.1) is 0 Å². The monoisotopic (exact) mass is 303 g/mol. The van der Waals surface area contributed by atoms with Gasteiger partial charge in [-0.05, 0) is 53.6 Å². The van der Waals surface area contributed by atoms with Crippen molar-refractivity contribution in [2.45, 2.75) is 12.8 Å². The summed E-state index contributed by atoms with van der Waals surface area (Å²) in [6, 6.07) is 6.29. The Morgan fingerprint density at radius 1 is 1.29 bits per heavy atom. The molecule has 0 aromatic heterocycles. The molecule has 3 heteroatoms. The molecule has 1 heterocycles. The Bertz CT molecular complexity index is 321. The molecule has 1 fully saturated rings. The van der Waals surface area contributed by atoms with Crippen molar-refractivity contribution in [3.63, 3.8) is 0 Å². The summed E-state index contributed by atoms with van der Waals surface area (Å²) in [7, 11) is 1.71. The second-order valence-corrected chi connectivity index (χ2v) is 4.67. The maximum absolute atomic E-state index is 5.19. The first kappa shape index (κ1) is 10.1. The SMILES string of the molecule is COc1ccc(N2CCCC2)c(I)c1. The lowest BCUT2D eigenvalue weighted by Gasteiger charge is -2.19. The van der Waals surface area contributed by atoms with Crippen molar-refractivity contribution in [3.05, 3.63) is 21.8 Å². The molecule has 1 aliphatic heterocycles. The van der Waals surface area contributed by atoms with Gasteiger partial charge in [-0.3, -0.25) is 0 Å². The van der Waals surface area contributed by atoms with Crippen LogP contribution in [0.1, 0.15) is 12.8 Å². The standard InChI is InChI=1S/C11H14INO/c1-14-9-4-5-11(10(12)8-9)13-6-2-3-7-13/h4-5,8H,2-3,6-7H2,1H3. The summed E-state index contributed by atoms with van der Waals surface area (Å²) in [5.74, 6) is 0.942. The van der Waals surface area contributed by atoms with E-state index in [1.165, 1.54) is 35.2 Å². The Labute approximate surface area is 98.4 Å². The topological polar surface area (TPSA) is 12.5 Å². The van der Waals surface area contributed by atoms with Gasteiger partial charge in [0.15, 0.2) is 0 Å². The quantitative estimate of drug-likeness (QED) is 0.779. The largest absolute Gasteiger partial charge is 0.497 e. The molecule has 0 radical (unpaired) electrons. The number of nitrogens with zero attached hydrogens (tertiary/aromatic N) is 1. The second-order valence-electron chi connectivity index (χ2n) is 3.51. The molecule has 2 rings (SSSR count). The first-order valence-corrected chi connectivity index (χ1v) is 5.97. The summed E-state index contributed by atoms with van der Waals surface area (Å²) in [6.45, 7) is 2.39. The van der Waals surface area contributed by atoms with Gasteiger partial charge in [-0.1, -0.05) is 0 Å². The molecular formula is C11H14INO. The van der Waals surface area contributed by atoms with Crippen LogP contribution in [0.5, 0.6) is 5.75 Å². The highest BCUT2D eigenvalue weighted by atomic mass is 127. The number of halogens is 1. The van der Waals surface area contributed by atoms with E-state index >= 15 is 0 Å². The van der Waals surface area contributed by atoms with Crippen molar-refractivity contribution in [2.75, 3.05) is 25.1 Å². The van der Waals surface area contributed by atoms with E-state index in [0.29, 0.717) is 0 Å². The smallest absolute Gasteiger partial charge is 0.120 e. The van der Waals surface area contributed by atoms with Crippen LogP contribution in [0.25, 0.3) is 0 Å². The predicted molar refractivity (Wildman–Crippen MR) is 67.2 cm³/mol. The van der Waals surface area contributed by atoms with Crippen LogP contribution in [0.3, 0.4) is 0 Å². The molecule has 1 aromatic rings. The third-order valence-electron chi connectivity index (χ3n) is 2.60. The average molecular weight is 303 g/mol. The molecule has 2 nitrogen and oxygen atoms in total. The summed E-state index contributed by atoms with van der Waals surface area (Å²) >= 11 is 2.38. The second kappa shape index (κ2) is 4.38. The minimum atomic E-state index is 0.942. The van der Waals surface area contributed by atoms with E-state index in [1.54, 1.807) is 7.11 Å². The van der Waals surface area contributed by atoms with E-state index in [9.17, 15) is 0 Å². The van der Waals surface area contributed by atoms with Gasteiger partial charge < -0.3 is 9.64 Å². The number of anilines is 1. The fourth-order valence-corrected chi connectivity index (χ4v) is 2.66. The first-order chi connectivity index (χ1) is 6.81. The van der Waals surface area contributed by atoms with Gasteiger partial charge in [0.25, 0.3) is 0 Å².